The zero-order valence-electron chi connectivity index (χ0n) is 8.71. The number of halogens is 3. The van der Waals surface area contributed by atoms with Gasteiger partial charge in [0.05, 0.1) is 11.3 Å². The van der Waals surface area contributed by atoms with Gasteiger partial charge in [0, 0.05) is 0 Å². The van der Waals surface area contributed by atoms with Crippen molar-refractivity contribution in [3.8, 4) is 0 Å². The first-order valence-electron chi connectivity index (χ1n) is 4.20. The number of rotatable bonds is 2. The molecule has 0 radical (unpaired) electrons. The summed E-state index contributed by atoms with van der Waals surface area (Å²) in [6.45, 7) is 0. The topological polar surface area (TPSA) is 135 Å². The number of nitrogen functional groups attached to an aromatic ring is 1. The van der Waals surface area contributed by atoms with E-state index < -0.39 is 47.5 Å². The van der Waals surface area contributed by atoms with Gasteiger partial charge in [-0.1, -0.05) is 0 Å². The fraction of sp³-hybridized carbons (Fsp3) is 0.143. The van der Waals surface area contributed by atoms with Crippen LogP contribution in [0.2, 0.25) is 0 Å². The summed E-state index contributed by atoms with van der Waals surface area (Å²) in [5.41, 5.74) is 2.14. The van der Waals surface area contributed by atoms with Crippen LogP contribution in [0.25, 0.3) is 0 Å². The van der Waals surface area contributed by atoms with Crippen molar-refractivity contribution in [3.05, 3.63) is 17.7 Å². The number of anilines is 1. The van der Waals surface area contributed by atoms with Gasteiger partial charge in [-0.15, -0.1) is 0 Å². The van der Waals surface area contributed by atoms with Gasteiger partial charge in [-0.25, -0.2) is 0 Å². The van der Waals surface area contributed by atoms with E-state index in [1.807, 2.05) is 0 Å². The molecule has 0 unspecified atom stereocenters. The molecule has 4 N–H and O–H groups in total. The maximum Gasteiger partial charge on any atom is 0.417 e. The third-order valence-electron chi connectivity index (χ3n) is 1.97. The largest absolute Gasteiger partial charge is 0.417 e. The summed E-state index contributed by atoms with van der Waals surface area (Å²) in [7, 11) is -10.4. The first kappa shape index (κ1) is 15.7. The number of nitrogens with two attached hydrogens (primary N) is 1. The molecule has 12 heteroatoms. The molecule has 0 aliphatic rings. The van der Waals surface area contributed by atoms with Crippen LogP contribution in [0.5, 0.6) is 0 Å². The highest BCUT2D eigenvalue weighted by Crippen LogP contribution is 2.37. The summed E-state index contributed by atoms with van der Waals surface area (Å²) in [5, 5.41) is 0. The molecule has 7 nitrogen and oxygen atoms in total. The van der Waals surface area contributed by atoms with Gasteiger partial charge in [0.1, 0.15) is 9.79 Å². The Bertz CT molecular complexity index is 722. The number of hydrogen-bond donors (Lipinski definition) is 3. The minimum absolute atomic E-state index is 0.00773. The highest BCUT2D eigenvalue weighted by Gasteiger charge is 2.38. The van der Waals surface area contributed by atoms with Crippen LogP contribution in [0.15, 0.2) is 21.9 Å². The average Bonchev–Trinajstić information content (AvgIpc) is 2.11. The molecule has 0 aromatic heterocycles. The standard InChI is InChI=1S/C7H6F3NO6S2/c8-7(9,10)3-1-4(11)6(19(15,16)17)2-5(3)18(12,13)14/h1-2H,11H2,(H,12,13,14)(H,15,16,17). The van der Waals surface area contributed by atoms with Crippen LogP contribution in [0.3, 0.4) is 0 Å². The summed E-state index contributed by atoms with van der Waals surface area (Å²) >= 11 is 0. The minimum atomic E-state index is -5.37. The number of benzene rings is 1. The second-order valence-corrected chi connectivity index (χ2v) is 6.11. The Labute approximate surface area is 105 Å². The van der Waals surface area contributed by atoms with Crippen LogP contribution in [-0.2, 0) is 26.4 Å². The summed E-state index contributed by atoms with van der Waals surface area (Å²) in [6, 6.07) is -0.0744. The van der Waals surface area contributed by atoms with Gasteiger partial charge in [0.25, 0.3) is 20.2 Å². The molecule has 0 spiro atoms. The van der Waals surface area contributed by atoms with E-state index in [0.717, 1.165) is 0 Å². The van der Waals surface area contributed by atoms with Crippen molar-refractivity contribution in [1.29, 1.82) is 0 Å². The maximum absolute atomic E-state index is 12.5. The molecule has 0 heterocycles. The summed E-state index contributed by atoms with van der Waals surface area (Å²) in [5.74, 6) is 0. The van der Waals surface area contributed by atoms with Gasteiger partial charge in [-0.2, -0.15) is 30.0 Å². The average molecular weight is 321 g/mol. The Morgan fingerprint density at radius 1 is 0.947 bits per heavy atom. The van der Waals surface area contributed by atoms with E-state index >= 15 is 0 Å². The fourth-order valence-electron chi connectivity index (χ4n) is 1.24. The lowest BCUT2D eigenvalue weighted by atomic mass is 10.2. The van der Waals surface area contributed by atoms with E-state index in [2.05, 4.69) is 0 Å². The predicted octanol–water partition coefficient (Wildman–Crippen LogP) is 0.781. The Morgan fingerprint density at radius 3 is 1.68 bits per heavy atom. The van der Waals surface area contributed by atoms with Crippen molar-refractivity contribution in [1.82, 2.24) is 0 Å². The fourth-order valence-corrected chi connectivity index (χ4v) is 2.65. The van der Waals surface area contributed by atoms with E-state index in [1.54, 1.807) is 0 Å². The Balaban J connectivity index is 3.87. The quantitative estimate of drug-likeness (QED) is 0.541. The Hall–Kier alpha value is -1.37. The normalized spacial score (nSPS) is 13.5. The van der Waals surface area contributed by atoms with Crippen LogP contribution >= 0.6 is 0 Å². The van der Waals surface area contributed by atoms with Gasteiger partial charge >= 0.3 is 6.18 Å². The SMILES string of the molecule is Nc1cc(C(F)(F)F)c(S(=O)(=O)O)cc1S(=O)(=O)O. The molecule has 0 fully saturated rings. The summed E-state index contributed by atoms with van der Waals surface area (Å²) in [6.07, 6.45) is -5.20. The third-order valence-corrected chi connectivity index (χ3v) is 3.78. The van der Waals surface area contributed by atoms with Crippen molar-refractivity contribution in [2.75, 3.05) is 5.73 Å². The molecule has 1 aromatic rings. The van der Waals surface area contributed by atoms with Crippen LogP contribution in [-0.4, -0.2) is 25.9 Å². The maximum atomic E-state index is 12.5. The minimum Gasteiger partial charge on any atom is -0.398 e. The van der Waals surface area contributed by atoms with E-state index in [4.69, 9.17) is 14.8 Å². The second-order valence-electron chi connectivity index (χ2n) is 3.33. The molecular formula is C7H6F3NO6S2. The molecule has 0 amide bonds. The zero-order chi connectivity index (χ0) is 15.2. The van der Waals surface area contributed by atoms with Gasteiger partial charge in [-0.3, -0.25) is 9.11 Å². The monoisotopic (exact) mass is 321 g/mol. The smallest absolute Gasteiger partial charge is 0.398 e. The van der Waals surface area contributed by atoms with Crippen molar-refractivity contribution < 1.29 is 39.1 Å². The molecule has 1 aromatic carbocycles. The highest BCUT2D eigenvalue weighted by atomic mass is 32.2. The van der Waals surface area contributed by atoms with Gasteiger partial charge < -0.3 is 5.73 Å². The van der Waals surface area contributed by atoms with Gasteiger partial charge in [0.2, 0.25) is 0 Å². The Kier molecular flexibility index (Phi) is 3.58. The van der Waals surface area contributed by atoms with E-state index in [1.165, 1.54) is 0 Å². The van der Waals surface area contributed by atoms with Crippen molar-refractivity contribution in [3.63, 3.8) is 0 Å². The molecule has 0 saturated carbocycles. The van der Waals surface area contributed by atoms with Crippen molar-refractivity contribution in [2.24, 2.45) is 0 Å². The van der Waals surface area contributed by atoms with E-state index in [-0.39, 0.29) is 12.1 Å². The molecule has 108 valence electrons. The van der Waals surface area contributed by atoms with Crippen LogP contribution in [0, 0.1) is 0 Å². The lowest BCUT2D eigenvalue weighted by Crippen LogP contribution is -2.15. The molecule has 1 rings (SSSR count). The highest BCUT2D eigenvalue weighted by molar-refractivity contribution is 7.86. The van der Waals surface area contributed by atoms with E-state index in [9.17, 15) is 30.0 Å². The molecule has 0 saturated heterocycles. The lowest BCUT2D eigenvalue weighted by molar-refractivity contribution is -0.140. The molecule has 0 aliphatic carbocycles. The van der Waals surface area contributed by atoms with Crippen LogP contribution in [0.1, 0.15) is 5.56 Å². The molecule has 0 bridgehead atoms. The zero-order valence-corrected chi connectivity index (χ0v) is 10.3. The first-order chi connectivity index (χ1) is 8.24. The van der Waals surface area contributed by atoms with Gasteiger partial charge in [0.15, 0.2) is 0 Å². The number of hydrogen-bond acceptors (Lipinski definition) is 5. The molecule has 0 atom stereocenters. The van der Waals surface area contributed by atoms with E-state index in [0.29, 0.717) is 0 Å². The predicted molar refractivity (Wildman–Crippen MR) is 55.5 cm³/mol. The van der Waals surface area contributed by atoms with Crippen molar-refractivity contribution >= 4 is 25.9 Å². The van der Waals surface area contributed by atoms with Crippen molar-refractivity contribution in [2.45, 2.75) is 16.0 Å². The third kappa shape index (κ3) is 3.34. The Morgan fingerprint density at radius 2 is 1.37 bits per heavy atom. The molecular weight excluding hydrogens is 315 g/mol. The lowest BCUT2D eigenvalue weighted by Gasteiger charge is -2.13. The summed E-state index contributed by atoms with van der Waals surface area (Å²) < 4.78 is 98.3. The molecule has 0 aliphatic heterocycles. The van der Waals surface area contributed by atoms with Crippen LogP contribution in [0.4, 0.5) is 18.9 Å². The molecule has 19 heavy (non-hydrogen) atoms. The second kappa shape index (κ2) is 4.33. The first-order valence-corrected chi connectivity index (χ1v) is 7.08. The summed E-state index contributed by atoms with van der Waals surface area (Å²) in [4.78, 5) is -2.98. The van der Waals surface area contributed by atoms with Gasteiger partial charge in [-0.05, 0) is 12.1 Å². The van der Waals surface area contributed by atoms with Crippen LogP contribution < -0.4 is 5.73 Å². The number of alkyl halides is 3.